The van der Waals surface area contributed by atoms with Crippen molar-refractivity contribution >= 4 is 0 Å². The van der Waals surface area contributed by atoms with Gasteiger partial charge in [-0.25, -0.2) is 0 Å². The molecule has 1 aliphatic rings. The van der Waals surface area contributed by atoms with E-state index in [1.54, 1.807) is 0 Å². The van der Waals surface area contributed by atoms with E-state index in [-0.39, 0.29) is 0 Å². The van der Waals surface area contributed by atoms with Gasteiger partial charge >= 0.3 is 0 Å². The SMILES string of the molecule is CC1NC1(C)C.CCC(C)C. The molecule has 0 aromatic heterocycles. The molecular formula is C10H23N. The van der Waals surface area contributed by atoms with Crippen LogP contribution in [0, 0.1) is 5.92 Å². The van der Waals surface area contributed by atoms with E-state index in [2.05, 4.69) is 46.9 Å². The van der Waals surface area contributed by atoms with Crippen LogP contribution in [0.25, 0.3) is 0 Å². The fourth-order valence-electron chi connectivity index (χ4n) is 0.516. The fraction of sp³-hybridized carbons (Fsp3) is 1.00. The summed E-state index contributed by atoms with van der Waals surface area (Å²) in [6, 6.07) is 0.748. The molecule has 0 radical (unpaired) electrons. The van der Waals surface area contributed by atoms with Crippen molar-refractivity contribution in [3.05, 3.63) is 0 Å². The van der Waals surface area contributed by atoms with Crippen LogP contribution in [0.15, 0.2) is 0 Å². The molecule has 0 spiro atoms. The Labute approximate surface area is 71.6 Å². The second-order valence-corrected chi connectivity index (χ2v) is 4.39. The first-order valence-corrected chi connectivity index (χ1v) is 4.67. The van der Waals surface area contributed by atoms with E-state index in [4.69, 9.17) is 0 Å². The van der Waals surface area contributed by atoms with Crippen molar-refractivity contribution in [2.45, 2.75) is 59.5 Å². The summed E-state index contributed by atoms with van der Waals surface area (Å²) in [5.41, 5.74) is 0.458. The first-order valence-electron chi connectivity index (χ1n) is 4.67. The van der Waals surface area contributed by atoms with Crippen molar-refractivity contribution in [2.24, 2.45) is 5.92 Å². The topological polar surface area (TPSA) is 21.9 Å². The minimum Gasteiger partial charge on any atom is -0.306 e. The maximum atomic E-state index is 3.27. The second-order valence-electron chi connectivity index (χ2n) is 4.39. The first kappa shape index (κ1) is 11.0. The molecule has 1 rings (SSSR count). The van der Waals surface area contributed by atoms with E-state index >= 15 is 0 Å². The summed E-state index contributed by atoms with van der Waals surface area (Å²) in [5.74, 6) is 0.884. The average Bonchev–Trinajstić information content (AvgIpc) is 2.39. The minimum absolute atomic E-state index is 0.458. The molecule has 0 amide bonds. The summed E-state index contributed by atoms with van der Waals surface area (Å²) in [5, 5.41) is 3.27. The van der Waals surface area contributed by atoms with Crippen LogP contribution in [0.4, 0.5) is 0 Å². The van der Waals surface area contributed by atoms with Gasteiger partial charge in [-0.05, 0) is 26.7 Å². The van der Waals surface area contributed by atoms with Crippen LogP contribution in [0.1, 0.15) is 48.0 Å². The molecule has 1 nitrogen and oxygen atoms in total. The van der Waals surface area contributed by atoms with E-state index in [9.17, 15) is 0 Å². The molecule has 11 heavy (non-hydrogen) atoms. The third-order valence-electron chi connectivity index (χ3n) is 2.40. The van der Waals surface area contributed by atoms with Gasteiger partial charge in [0.15, 0.2) is 0 Å². The van der Waals surface area contributed by atoms with Crippen LogP contribution < -0.4 is 5.32 Å². The highest BCUT2D eigenvalue weighted by Crippen LogP contribution is 2.22. The van der Waals surface area contributed by atoms with Crippen molar-refractivity contribution in [1.29, 1.82) is 0 Å². The molecule has 0 aromatic rings. The van der Waals surface area contributed by atoms with Crippen LogP contribution in [0.5, 0.6) is 0 Å². The molecule has 1 aliphatic heterocycles. The smallest absolute Gasteiger partial charge is 0.0278 e. The highest BCUT2D eigenvalue weighted by Gasteiger charge is 2.40. The van der Waals surface area contributed by atoms with Crippen LogP contribution >= 0.6 is 0 Å². The normalized spacial score (nSPS) is 25.9. The van der Waals surface area contributed by atoms with Gasteiger partial charge in [0, 0.05) is 11.6 Å². The maximum absolute atomic E-state index is 3.27. The lowest BCUT2D eigenvalue weighted by molar-refractivity contribution is 0.626. The molecule has 0 saturated carbocycles. The van der Waals surface area contributed by atoms with Gasteiger partial charge in [-0.15, -0.1) is 0 Å². The summed E-state index contributed by atoms with van der Waals surface area (Å²) in [4.78, 5) is 0. The van der Waals surface area contributed by atoms with Crippen LogP contribution in [-0.4, -0.2) is 11.6 Å². The molecule has 1 heterocycles. The Morgan fingerprint density at radius 3 is 1.55 bits per heavy atom. The quantitative estimate of drug-likeness (QED) is 0.581. The van der Waals surface area contributed by atoms with E-state index in [1.165, 1.54) is 6.42 Å². The molecule has 0 aliphatic carbocycles. The molecule has 0 bridgehead atoms. The zero-order chi connectivity index (χ0) is 9.07. The highest BCUT2D eigenvalue weighted by molar-refractivity contribution is 5.04. The molecule has 1 fully saturated rings. The Bertz CT molecular complexity index is 105. The van der Waals surface area contributed by atoms with Crippen molar-refractivity contribution in [3.63, 3.8) is 0 Å². The monoisotopic (exact) mass is 157 g/mol. The fourth-order valence-corrected chi connectivity index (χ4v) is 0.516. The Morgan fingerprint density at radius 2 is 1.55 bits per heavy atom. The largest absolute Gasteiger partial charge is 0.306 e. The predicted molar refractivity (Wildman–Crippen MR) is 51.8 cm³/mol. The Kier molecular flexibility index (Phi) is 4.09. The van der Waals surface area contributed by atoms with Crippen molar-refractivity contribution in [2.75, 3.05) is 0 Å². The van der Waals surface area contributed by atoms with Crippen LogP contribution in [0.3, 0.4) is 0 Å². The van der Waals surface area contributed by atoms with Gasteiger partial charge in [-0.1, -0.05) is 27.2 Å². The van der Waals surface area contributed by atoms with E-state index in [0.29, 0.717) is 5.54 Å². The van der Waals surface area contributed by atoms with E-state index in [1.807, 2.05) is 0 Å². The number of hydrogen-bond acceptors (Lipinski definition) is 1. The first-order chi connectivity index (χ1) is 4.90. The summed E-state index contributed by atoms with van der Waals surface area (Å²) in [6.45, 7) is 13.2. The zero-order valence-electron chi connectivity index (χ0n) is 8.86. The average molecular weight is 157 g/mol. The number of rotatable bonds is 1. The highest BCUT2D eigenvalue weighted by atomic mass is 15.2. The summed E-state index contributed by atoms with van der Waals surface area (Å²) in [6.07, 6.45) is 1.31. The summed E-state index contributed by atoms with van der Waals surface area (Å²) < 4.78 is 0. The third kappa shape index (κ3) is 5.25. The van der Waals surface area contributed by atoms with E-state index in [0.717, 1.165) is 12.0 Å². The predicted octanol–water partition coefficient (Wildman–Crippen LogP) is 2.81. The molecule has 0 aromatic carbocycles. The summed E-state index contributed by atoms with van der Waals surface area (Å²) in [7, 11) is 0. The molecule has 68 valence electrons. The van der Waals surface area contributed by atoms with Gasteiger partial charge < -0.3 is 5.32 Å². The lowest BCUT2D eigenvalue weighted by Crippen LogP contribution is -2.00. The van der Waals surface area contributed by atoms with Gasteiger partial charge in [-0.2, -0.15) is 0 Å². The van der Waals surface area contributed by atoms with Gasteiger partial charge in [0.2, 0.25) is 0 Å². The van der Waals surface area contributed by atoms with Gasteiger partial charge in [-0.3, -0.25) is 0 Å². The molecular weight excluding hydrogens is 134 g/mol. The van der Waals surface area contributed by atoms with E-state index < -0.39 is 0 Å². The Balaban J connectivity index is 0.000000187. The molecule has 1 N–H and O–H groups in total. The lowest BCUT2D eigenvalue weighted by Gasteiger charge is -1.90. The van der Waals surface area contributed by atoms with Gasteiger partial charge in [0.1, 0.15) is 0 Å². The second kappa shape index (κ2) is 4.10. The van der Waals surface area contributed by atoms with Crippen LogP contribution in [-0.2, 0) is 0 Å². The standard InChI is InChI=1S/C5H11N.C5H12/c1-4-5(2,3)6-4;1-4-5(2)3/h4,6H,1-3H3;5H,4H2,1-3H3. The molecule has 1 unspecified atom stereocenters. The molecule has 1 atom stereocenters. The Hall–Kier alpha value is -0.0400. The van der Waals surface area contributed by atoms with Crippen molar-refractivity contribution < 1.29 is 0 Å². The molecule has 1 heteroatoms. The Morgan fingerprint density at radius 1 is 1.36 bits per heavy atom. The minimum atomic E-state index is 0.458. The van der Waals surface area contributed by atoms with Crippen molar-refractivity contribution in [1.82, 2.24) is 5.32 Å². The van der Waals surface area contributed by atoms with Gasteiger partial charge in [0.05, 0.1) is 0 Å². The third-order valence-corrected chi connectivity index (χ3v) is 2.40. The summed E-state index contributed by atoms with van der Waals surface area (Å²) >= 11 is 0. The van der Waals surface area contributed by atoms with Crippen molar-refractivity contribution in [3.8, 4) is 0 Å². The zero-order valence-corrected chi connectivity index (χ0v) is 8.86. The maximum Gasteiger partial charge on any atom is 0.0278 e. The van der Waals surface area contributed by atoms with Gasteiger partial charge in [0.25, 0.3) is 0 Å². The van der Waals surface area contributed by atoms with Crippen LogP contribution in [0.2, 0.25) is 0 Å². The lowest BCUT2D eigenvalue weighted by atomic mass is 10.2. The number of nitrogens with one attached hydrogen (secondary N) is 1. The number of hydrogen-bond donors (Lipinski definition) is 1. The molecule has 1 saturated heterocycles.